The topological polar surface area (TPSA) is 55.1 Å². The van der Waals surface area contributed by atoms with E-state index in [-0.39, 0.29) is 17.1 Å². The van der Waals surface area contributed by atoms with Crippen LogP contribution in [0, 0.1) is 25.1 Å². The highest BCUT2D eigenvalue weighted by molar-refractivity contribution is 5.96. The Morgan fingerprint density at radius 2 is 1.85 bits per heavy atom. The molecule has 0 unspecified atom stereocenters. The van der Waals surface area contributed by atoms with Gasteiger partial charge in [-0.3, -0.25) is 4.79 Å². The number of nitrogens with one attached hydrogen (secondary N) is 1. The van der Waals surface area contributed by atoms with Gasteiger partial charge in [-0.05, 0) is 48.6 Å². The third kappa shape index (κ3) is 4.54. The molecule has 0 aliphatic heterocycles. The molecular weight excluding hydrogens is 343 g/mol. The fourth-order valence-corrected chi connectivity index (χ4v) is 3.14. The lowest BCUT2D eigenvalue weighted by atomic mass is 9.92. The van der Waals surface area contributed by atoms with E-state index < -0.39 is 0 Å². The van der Waals surface area contributed by atoms with Crippen LogP contribution in [0.4, 0.5) is 10.1 Å². The van der Waals surface area contributed by atoms with Crippen molar-refractivity contribution in [3.05, 3.63) is 58.7 Å². The molecule has 5 heteroatoms. The number of hydrogen-bond acceptors (Lipinski definition) is 3. The molecule has 2 aromatic carbocycles. The van der Waals surface area contributed by atoms with Gasteiger partial charge in [0.1, 0.15) is 11.3 Å². The molecule has 0 saturated carbocycles. The first kappa shape index (κ1) is 19.1. The van der Waals surface area contributed by atoms with Crippen molar-refractivity contribution in [2.75, 3.05) is 5.32 Å². The van der Waals surface area contributed by atoms with Crippen LogP contribution in [0.2, 0.25) is 0 Å². The minimum atomic E-state index is -0.265. The maximum Gasteiger partial charge on any atom is 0.224 e. The quantitative estimate of drug-likeness (QED) is 0.657. The first-order valence-electron chi connectivity index (χ1n) is 9.06. The summed E-state index contributed by atoms with van der Waals surface area (Å²) in [6, 6.07) is 8.20. The fraction of sp³-hybridized carbons (Fsp3) is 0.364. The third-order valence-corrected chi connectivity index (χ3v) is 4.39. The maximum absolute atomic E-state index is 13.1. The molecule has 0 saturated heterocycles. The van der Waals surface area contributed by atoms with Gasteiger partial charge in [0.2, 0.25) is 5.91 Å². The molecule has 1 heterocycles. The zero-order valence-electron chi connectivity index (χ0n) is 16.4. The molecule has 0 radical (unpaired) electrons. The molecule has 1 amide bonds. The van der Waals surface area contributed by atoms with E-state index in [1.165, 1.54) is 12.1 Å². The number of rotatable bonds is 4. The Morgan fingerprint density at radius 1 is 1.19 bits per heavy atom. The van der Waals surface area contributed by atoms with Crippen LogP contribution in [0.3, 0.4) is 0 Å². The second kappa shape index (κ2) is 7.14. The summed E-state index contributed by atoms with van der Waals surface area (Å²) in [6.07, 6.45) is 0.928. The Morgan fingerprint density at radius 3 is 2.48 bits per heavy atom. The molecule has 3 rings (SSSR count). The second-order valence-corrected chi connectivity index (χ2v) is 8.24. The number of hydrogen-bond donors (Lipinski definition) is 1. The summed E-state index contributed by atoms with van der Waals surface area (Å²) in [6.45, 7) is 9.99. The summed E-state index contributed by atoms with van der Waals surface area (Å²) >= 11 is 0. The smallest absolute Gasteiger partial charge is 0.224 e. The fourth-order valence-electron chi connectivity index (χ4n) is 3.14. The molecule has 0 aliphatic rings. The summed E-state index contributed by atoms with van der Waals surface area (Å²) in [5.41, 5.74) is 4.90. The zero-order chi connectivity index (χ0) is 19.8. The number of oxazole rings is 1. The SMILES string of the molecule is Cc1cc2oc(Cc3ccc(F)cc3)nc2c(C)c1NC(=O)CC(C)(C)C. The molecule has 0 atom stereocenters. The van der Waals surface area contributed by atoms with Gasteiger partial charge in [-0.2, -0.15) is 0 Å². The Bertz CT molecular complexity index is 982. The van der Waals surface area contributed by atoms with Crippen molar-refractivity contribution in [3.63, 3.8) is 0 Å². The van der Waals surface area contributed by atoms with E-state index in [9.17, 15) is 9.18 Å². The molecule has 142 valence electrons. The number of carbonyl (C=O) groups is 1. The van der Waals surface area contributed by atoms with Crippen LogP contribution in [0.15, 0.2) is 34.7 Å². The van der Waals surface area contributed by atoms with Crippen molar-refractivity contribution in [1.29, 1.82) is 0 Å². The molecule has 0 spiro atoms. The lowest BCUT2D eigenvalue weighted by molar-refractivity contribution is -0.117. The van der Waals surface area contributed by atoms with Crippen molar-refractivity contribution in [2.24, 2.45) is 5.41 Å². The average molecular weight is 368 g/mol. The van der Waals surface area contributed by atoms with E-state index in [1.807, 2.05) is 40.7 Å². The molecule has 1 aromatic heterocycles. The lowest BCUT2D eigenvalue weighted by Gasteiger charge is -2.18. The Labute approximate surface area is 158 Å². The summed E-state index contributed by atoms with van der Waals surface area (Å²) in [5.74, 6) is 0.291. The molecule has 27 heavy (non-hydrogen) atoms. The zero-order valence-corrected chi connectivity index (χ0v) is 16.4. The number of aryl methyl sites for hydroxylation is 2. The highest BCUT2D eigenvalue weighted by Crippen LogP contribution is 2.31. The van der Waals surface area contributed by atoms with Crippen LogP contribution in [-0.2, 0) is 11.2 Å². The lowest BCUT2D eigenvalue weighted by Crippen LogP contribution is -2.20. The monoisotopic (exact) mass is 368 g/mol. The largest absolute Gasteiger partial charge is 0.440 e. The van der Waals surface area contributed by atoms with Crippen LogP contribution < -0.4 is 5.32 Å². The molecule has 0 fully saturated rings. The van der Waals surface area contributed by atoms with Gasteiger partial charge in [0, 0.05) is 24.1 Å². The Kier molecular flexibility index (Phi) is 5.05. The molecule has 0 aliphatic carbocycles. The highest BCUT2D eigenvalue weighted by Gasteiger charge is 2.19. The van der Waals surface area contributed by atoms with Crippen molar-refractivity contribution < 1.29 is 13.6 Å². The molecule has 1 N–H and O–H groups in total. The minimum Gasteiger partial charge on any atom is -0.440 e. The molecule has 3 aromatic rings. The average Bonchev–Trinajstić information content (AvgIpc) is 2.94. The van der Waals surface area contributed by atoms with Gasteiger partial charge in [0.05, 0.1) is 0 Å². The van der Waals surface area contributed by atoms with Gasteiger partial charge >= 0.3 is 0 Å². The van der Waals surface area contributed by atoms with Crippen LogP contribution in [0.25, 0.3) is 11.1 Å². The summed E-state index contributed by atoms with van der Waals surface area (Å²) in [4.78, 5) is 17.0. The number of halogens is 1. The standard InChI is InChI=1S/C22H25FN2O2/c1-13-10-17-21(14(2)20(13)24-18(26)12-22(3,4)5)25-19(27-17)11-15-6-8-16(23)9-7-15/h6-10H,11-12H2,1-5H3,(H,24,26). The summed E-state index contributed by atoms with van der Waals surface area (Å²) < 4.78 is 19.0. The number of aromatic nitrogens is 1. The van der Waals surface area contributed by atoms with Crippen molar-refractivity contribution in [2.45, 2.75) is 47.5 Å². The first-order chi connectivity index (χ1) is 12.6. The van der Waals surface area contributed by atoms with E-state index >= 15 is 0 Å². The highest BCUT2D eigenvalue weighted by atomic mass is 19.1. The molecule has 4 nitrogen and oxygen atoms in total. The number of nitrogens with zero attached hydrogens (tertiary/aromatic N) is 1. The third-order valence-electron chi connectivity index (χ3n) is 4.39. The summed E-state index contributed by atoms with van der Waals surface area (Å²) in [5, 5.41) is 3.03. The molecule has 0 bridgehead atoms. The van der Waals surface area contributed by atoms with Crippen LogP contribution in [0.5, 0.6) is 0 Å². The summed E-state index contributed by atoms with van der Waals surface area (Å²) in [7, 11) is 0. The predicted octanol–water partition coefficient (Wildman–Crippen LogP) is 5.55. The number of benzene rings is 2. The van der Waals surface area contributed by atoms with Crippen LogP contribution >= 0.6 is 0 Å². The minimum absolute atomic E-state index is 0.0110. The number of fused-ring (bicyclic) bond motifs is 1. The van der Waals surface area contributed by atoms with Crippen LogP contribution in [0.1, 0.15) is 49.8 Å². The van der Waals surface area contributed by atoms with E-state index in [1.54, 1.807) is 12.1 Å². The van der Waals surface area contributed by atoms with Gasteiger partial charge in [0.25, 0.3) is 0 Å². The second-order valence-electron chi connectivity index (χ2n) is 8.24. The van der Waals surface area contributed by atoms with Gasteiger partial charge in [-0.1, -0.05) is 32.9 Å². The van der Waals surface area contributed by atoms with Crippen molar-refractivity contribution in [1.82, 2.24) is 4.98 Å². The van der Waals surface area contributed by atoms with E-state index in [2.05, 4.69) is 10.3 Å². The van der Waals surface area contributed by atoms with Crippen molar-refractivity contribution in [3.8, 4) is 0 Å². The van der Waals surface area contributed by atoms with Gasteiger partial charge < -0.3 is 9.73 Å². The molecular formula is C22H25FN2O2. The Balaban J connectivity index is 1.89. The predicted molar refractivity (Wildman–Crippen MR) is 105 cm³/mol. The van der Waals surface area contributed by atoms with Gasteiger partial charge in [0.15, 0.2) is 11.5 Å². The van der Waals surface area contributed by atoms with Crippen LogP contribution in [-0.4, -0.2) is 10.9 Å². The number of carbonyl (C=O) groups excluding carboxylic acids is 1. The maximum atomic E-state index is 13.1. The normalized spacial score (nSPS) is 11.8. The van der Waals surface area contributed by atoms with E-state index in [4.69, 9.17) is 4.42 Å². The Hall–Kier alpha value is -2.69. The van der Waals surface area contributed by atoms with E-state index in [0.29, 0.717) is 24.3 Å². The number of amides is 1. The van der Waals surface area contributed by atoms with Gasteiger partial charge in [-0.25, -0.2) is 9.37 Å². The first-order valence-corrected chi connectivity index (χ1v) is 9.06. The van der Waals surface area contributed by atoms with Crippen molar-refractivity contribution >= 4 is 22.7 Å². The number of anilines is 1. The van der Waals surface area contributed by atoms with E-state index in [0.717, 1.165) is 27.9 Å². The van der Waals surface area contributed by atoms with Gasteiger partial charge in [-0.15, -0.1) is 0 Å².